The minimum Gasteiger partial charge on any atom is -0.456 e. The minimum atomic E-state index is -0.616. The fraction of sp³-hybridized carbons (Fsp3) is 0.545. The number of esters is 1. The Labute approximate surface area is 190 Å². The monoisotopic (exact) mass is 451 g/mol. The third-order valence-corrected chi connectivity index (χ3v) is 7.61. The lowest BCUT2D eigenvalue weighted by molar-refractivity contribution is -0.136. The van der Waals surface area contributed by atoms with Crippen LogP contribution in [0.2, 0.25) is 0 Å². The van der Waals surface area contributed by atoms with Crippen molar-refractivity contribution in [3.05, 3.63) is 41.5 Å². The number of aliphatic hydroxyl groups is 1. The number of hydrogen-bond donors (Lipinski definition) is 1. The predicted octanol–water partition coefficient (Wildman–Crippen LogP) is -0.0522. The number of aliphatic hydroxyl groups excluding tert-OH is 1. The second kappa shape index (κ2) is 7.70. The van der Waals surface area contributed by atoms with E-state index in [4.69, 9.17) is 4.74 Å². The standard InChI is InChI=1S/C22H25N7O4/c1-12-17(10-33-22(12)32)28-6-14(4-20(28)31)21-15-7-27(8-16(15)21)9-18(30)13-2-3-19(23-5-13)29-11-24-25-26-29/h2-3,5,11,14-16,18,21,30H,4,6-10H2,1H3/t14?,15?,16?,18-,21?/m0/s1. The molecule has 0 aromatic carbocycles. The summed E-state index contributed by atoms with van der Waals surface area (Å²) >= 11 is 0. The smallest absolute Gasteiger partial charge is 0.336 e. The molecule has 0 spiro atoms. The molecule has 4 aliphatic rings. The van der Waals surface area contributed by atoms with Crippen LogP contribution in [0.15, 0.2) is 35.9 Å². The highest BCUT2D eigenvalue weighted by Gasteiger charge is 2.60. The number of ether oxygens (including phenoxy) is 1. The predicted molar refractivity (Wildman–Crippen MR) is 112 cm³/mol. The molecule has 6 rings (SSSR count). The molecule has 3 aliphatic heterocycles. The molecule has 1 aliphatic carbocycles. The Hall–Kier alpha value is -3.18. The third kappa shape index (κ3) is 3.51. The zero-order chi connectivity index (χ0) is 22.7. The number of fused-ring (bicyclic) bond motifs is 1. The Balaban J connectivity index is 1.02. The van der Waals surface area contributed by atoms with Gasteiger partial charge in [0.05, 0.1) is 17.4 Å². The van der Waals surface area contributed by atoms with E-state index in [-0.39, 0.29) is 18.5 Å². The van der Waals surface area contributed by atoms with Gasteiger partial charge in [0, 0.05) is 44.4 Å². The second-order valence-electron chi connectivity index (χ2n) is 9.46. The lowest BCUT2D eigenvalue weighted by Gasteiger charge is -2.24. The topological polar surface area (TPSA) is 127 Å². The first-order chi connectivity index (χ1) is 16.0. The van der Waals surface area contributed by atoms with Gasteiger partial charge in [-0.3, -0.25) is 9.69 Å². The fourth-order valence-electron chi connectivity index (χ4n) is 5.86. The van der Waals surface area contributed by atoms with Crippen LogP contribution in [0.3, 0.4) is 0 Å². The number of pyridine rings is 1. The Kier molecular flexibility index (Phi) is 4.77. The highest BCUT2D eigenvalue weighted by atomic mass is 16.5. The fourth-order valence-corrected chi connectivity index (χ4v) is 5.86. The van der Waals surface area contributed by atoms with Crippen LogP contribution in [0, 0.1) is 23.7 Å². The summed E-state index contributed by atoms with van der Waals surface area (Å²) in [5.74, 6) is 2.41. The Morgan fingerprint density at radius 2 is 2.03 bits per heavy atom. The van der Waals surface area contributed by atoms with E-state index in [0.717, 1.165) is 24.4 Å². The molecule has 172 valence electrons. The van der Waals surface area contributed by atoms with E-state index in [1.807, 2.05) is 6.07 Å². The molecule has 3 unspecified atom stereocenters. The molecule has 11 heteroatoms. The van der Waals surface area contributed by atoms with Crippen molar-refractivity contribution in [2.75, 3.05) is 32.8 Å². The Morgan fingerprint density at radius 3 is 2.67 bits per heavy atom. The van der Waals surface area contributed by atoms with E-state index < -0.39 is 6.10 Å². The van der Waals surface area contributed by atoms with Crippen molar-refractivity contribution in [1.82, 2.24) is 35.0 Å². The SMILES string of the molecule is CC1=C(N2CC(C3C4CN(C[C@H](O)c5ccc(-n6cnnn6)nc5)CC43)CC2=O)COC1=O. The van der Waals surface area contributed by atoms with Crippen molar-refractivity contribution in [3.63, 3.8) is 0 Å². The number of likely N-dealkylation sites (tertiary alicyclic amines) is 2. The molecule has 0 radical (unpaired) electrons. The maximum Gasteiger partial charge on any atom is 0.336 e. The summed E-state index contributed by atoms with van der Waals surface area (Å²) < 4.78 is 6.55. The first-order valence-electron chi connectivity index (χ1n) is 11.3. The van der Waals surface area contributed by atoms with Gasteiger partial charge in [0.25, 0.3) is 0 Å². The summed E-state index contributed by atoms with van der Waals surface area (Å²) in [7, 11) is 0. The van der Waals surface area contributed by atoms with Gasteiger partial charge in [-0.2, -0.15) is 4.68 Å². The molecule has 0 bridgehead atoms. The van der Waals surface area contributed by atoms with Gasteiger partial charge in [0.2, 0.25) is 5.91 Å². The van der Waals surface area contributed by atoms with Crippen LogP contribution < -0.4 is 0 Å². The van der Waals surface area contributed by atoms with Gasteiger partial charge in [-0.1, -0.05) is 6.07 Å². The summed E-state index contributed by atoms with van der Waals surface area (Å²) in [4.78, 5) is 32.7. The molecule has 5 heterocycles. The number of nitrogens with zero attached hydrogens (tertiary/aromatic N) is 7. The van der Waals surface area contributed by atoms with Crippen LogP contribution in [0.5, 0.6) is 0 Å². The number of tetrazole rings is 1. The number of amides is 1. The largest absolute Gasteiger partial charge is 0.456 e. The lowest BCUT2D eigenvalue weighted by Crippen LogP contribution is -2.31. The van der Waals surface area contributed by atoms with Crippen molar-refractivity contribution in [2.24, 2.45) is 23.7 Å². The van der Waals surface area contributed by atoms with Gasteiger partial charge in [-0.25, -0.2) is 9.78 Å². The van der Waals surface area contributed by atoms with Crippen LogP contribution in [0.1, 0.15) is 25.0 Å². The number of hydrogen-bond acceptors (Lipinski definition) is 9. The number of piperidine rings is 1. The van der Waals surface area contributed by atoms with Crippen molar-refractivity contribution < 1.29 is 19.4 Å². The number of carbonyl (C=O) groups is 2. The highest BCUT2D eigenvalue weighted by molar-refractivity contribution is 5.93. The molecule has 11 nitrogen and oxygen atoms in total. The summed E-state index contributed by atoms with van der Waals surface area (Å²) in [5, 5.41) is 21.7. The van der Waals surface area contributed by atoms with Crippen molar-refractivity contribution >= 4 is 11.9 Å². The van der Waals surface area contributed by atoms with Crippen LogP contribution in [0.4, 0.5) is 0 Å². The number of cyclic esters (lactones) is 1. The first-order valence-corrected chi connectivity index (χ1v) is 11.3. The van der Waals surface area contributed by atoms with Crippen LogP contribution in [-0.2, 0) is 14.3 Å². The van der Waals surface area contributed by atoms with E-state index >= 15 is 0 Å². The van der Waals surface area contributed by atoms with E-state index in [2.05, 4.69) is 25.4 Å². The number of β-amino-alcohol motifs (C(OH)–C–C–N with tert-alkyl or cyclic N) is 1. The molecule has 3 fully saturated rings. The Morgan fingerprint density at radius 1 is 1.21 bits per heavy atom. The molecule has 4 atom stereocenters. The Bertz CT molecular complexity index is 1100. The minimum absolute atomic E-state index is 0.0996. The second-order valence-corrected chi connectivity index (χ2v) is 9.46. The number of carbonyl (C=O) groups excluding carboxylic acids is 2. The third-order valence-electron chi connectivity index (χ3n) is 7.61. The zero-order valence-electron chi connectivity index (χ0n) is 18.2. The summed E-state index contributed by atoms with van der Waals surface area (Å²) in [6.07, 6.45) is 3.06. The van der Waals surface area contributed by atoms with E-state index in [1.54, 1.807) is 24.1 Å². The van der Waals surface area contributed by atoms with E-state index in [9.17, 15) is 14.7 Å². The first kappa shape index (κ1) is 20.4. The lowest BCUT2D eigenvalue weighted by atomic mass is 9.98. The van der Waals surface area contributed by atoms with Gasteiger partial charge >= 0.3 is 5.97 Å². The maximum absolute atomic E-state index is 12.6. The molecular formula is C22H25N7O4. The van der Waals surface area contributed by atoms with Gasteiger partial charge in [0.1, 0.15) is 12.9 Å². The average molecular weight is 451 g/mol. The number of aromatic nitrogens is 5. The maximum atomic E-state index is 12.6. The molecule has 1 saturated carbocycles. The van der Waals surface area contributed by atoms with Crippen molar-refractivity contribution in [3.8, 4) is 5.82 Å². The number of rotatable bonds is 6. The molecule has 33 heavy (non-hydrogen) atoms. The van der Waals surface area contributed by atoms with Gasteiger partial charge in [0.15, 0.2) is 5.82 Å². The highest BCUT2D eigenvalue weighted by Crippen LogP contribution is 2.57. The van der Waals surface area contributed by atoms with Crippen LogP contribution in [-0.4, -0.2) is 84.8 Å². The van der Waals surface area contributed by atoms with Gasteiger partial charge in [-0.05, 0) is 47.1 Å². The summed E-state index contributed by atoms with van der Waals surface area (Å²) in [6, 6.07) is 3.64. The van der Waals surface area contributed by atoms with E-state index in [0.29, 0.717) is 54.6 Å². The zero-order valence-corrected chi connectivity index (χ0v) is 18.2. The molecule has 2 aromatic heterocycles. The summed E-state index contributed by atoms with van der Waals surface area (Å²) in [5.41, 5.74) is 2.06. The van der Waals surface area contributed by atoms with E-state index in [1.165, 1.54) is 11.0 Å². The average Bonchev–Trinajstić information content (AvgIpc) is 3.37. The quantitative estimate of drug-likeness (QED) is 0.601. The van der Waals surface area contributed by atoms with Crippen LogP contribution >= 0.6 is 0 Å². The van der Waals surface area contributed by atoms with Gasteiger partial charge < -0.3 is 14.7 Å². The molecule has 2 aromatic rings. The van der Waals surface area contributed by atoms with Crippen molar-refractivity contribution in [1.29, 1.82) is 0 Å². The van der Waals surface area contributed by atoms with Crippen LogP contribution in [0.25, 0.3) is 5.82 Å². The van der Waals surface area contributed by atoms with Crippen molar-refractivity contribution in [2.45, 2.75) is 19.4 Å². The summed E-state index contributed by atoms with van der Waals surface area (Å²) in [6.45, 7) is 5.06. The molecule has 1 N–H and O–H groups in total. The normalized spacial score (nSPS) is 30.2. The molecular weight excluding hydrogens is 426 g/mol. The molecule has 1 amide bonds. The van der Waals surface area contributed by atoms with Gasteiger partial charge in [-0.15, -0.1) is 5.10 Å². The molecule has 2 saturated heterocycles.